The summed E-state index contributed by atoms with van der Waals surface area (Å²) < 4.78 is 13.3. The minimum Gasteiger partial charge on any atom is -0.207 e. The quantitative estimate of drug-likeness (QED) is 0.719. The smallest absolute Gasteiger partial charge is 0.123 e. The highest BCUT2D eigenvalue weighted by Crippen LogP contribution is 2.31. The van der Waals surface area contributed by atoms with Crippen LogP contribution in [0, 0.1) is 11.7 Å². The molecular formula is C16H17F. The average Bonchev–Trinajstić information content (AvgIpc) is 2.30. The van der Waals surface area contributed by atoms with Crippen LogP contribution in [0.3, 0.4) is 0 Å². The normalized spacial score (nSPS) is 12.7. The Labute approximate surface area is 102 Å². The third kappa shape index (κ3) is 2.73. The van der Waals surface area contributed by atoms with Gasteiger partial charge in [-0.05, 0) is 29.2 Å². The van der Waals surface area contributed by atoms with Crippen molar-refractivity contribution in [2.75, 3.05) is 0 Å². The van der Waals surface area contributed by atoms with E-state index in [4.69, 9.17) is 0 Å². The summed E-state index contributed by atoms with van der Waals surface area (Å²) in [6, 6.07) is 17.2. The van der Waals surface area contributed by atoms with Gasteiger partial charge in [0.25, 0.3) is 0 Å². The molecule has 0 aliphatic heterocycles. The molecule has 1 heteroatoms. The highest BCUT2D eigenvalue weighted by molar-refractivity contribution is 5.33. The lowest BCUT2D eigenvalue weighted by atomic mass is 9.83. The maximum atomic E-state index is 13.3. The van der Waals surface area contributed by atoms with E-state index in [0.717, 1.165) is 5.56 Å². The van der Waals surface area contributed by atoms with Crippen molar-refractivity contribution in [2.24, 2.45) is 5.92 Å². The van der Waals surface area contributed by atoms with Crippen LogP contribution < -0.4 is 0 Å². The fourth-order valence-corrected chi connectivity index (χ4v) is 2.32. The molecular weight excluding hydrogens is 211 g/mol. The summed E-state index contributed by atoms with van der Waals surface area (Å²) in [6.07, 6.45) is 0. The second-order valence-electron chi connectivity index (χ2n) is 4.69. The van der Waals surface area contributed by atoms with Crippen LogP contribution in [0.1, 0.15) is 30.9 Å². The van der Waals surface area contributed by atoms with E-state index in [2.05, 4.69) is 26.0 Å². The van der Waals surface area contributed by atoms with Gasteiger partial charge in [0.15, 0.2) is 0 Å². The summed E-state index contributed by atoms with van der Waals surface area (Å²) in [5.41, 5.74) is 2.29. The molecule has 1 atom stereocenters. The Morgan fingerprint density at radius 2 is 1.47 bits per heavy atom. The minimum atomic E-state index is -0.163. The van der Waals surface area contributed by atoms with Crippen LogP contribution in [0.4, 0.5) is 4.39 Å². The Hall–Kier alpha value is -1.63. The fraction of sp³-hybridized carbons (Fsp3) is 0.250. The van der Waals surface area contributed by atoms with Crippen LogP contribution in [0.5, 0.6) is 0 Å². The van der Waals surface area contributed by atoms with Crippen LogP contribution in [0.25, 0.3) is 0 Å². The molecule has 0 aliphatic rings. The van der Waals surface area contributed by atoms with E-state index in [1.165, 1.54) is 11.6 Å². The largest absolute Gasteiger partial charge is 0.207 e. The SMILES string of the molecule is CC(C)C(c1ccccc1)c1cccc(F)c1. The summed E-state index contributed by atoms with van der Waals surface area (Å²) in [5, 5.41) is 0. The monoisotopic (exact) mass is 228 g/mol. The van der Waals surface area contributed by atoms with Gasteiger partial charge in [0.1, 0.15) is 5.82 Å². The van der Waals surface area contributed by atoms with E-state index < -0.39 is 0 Å². The maximum absolute atomic E-state index is 13.3. The van der Waals surface area contributed by atoms with Crippen LogP contribution in [-0.4, -0.2) is 0 Å². The third-order valence-corrected chi connectivity index (χ3v) is 3.03. The Bertz CT molecular complexity index is 474. The zero-order valence-corrected chi connectivity index (χ0v) is 10.2. The van der Waals surface area contributed by atoms with E-state index in [9.17, 15) is 4.39 Å². The van der Waals surface area contributed by atoms with Crippen LogP contribution in [0.2, 0.25) is 0 Å². The predicted octanol–water partition coefficient (Wildman–Crippen LogP) is 4.61. The van der Waals surface area contributed by atoms with Gasteiger partial charge in [-0.25, -0.2) is 4.39 Å². The van der Waals surface area contributed by atoms with Crippen molar-refractivity contribution < 1.29 is 4.39 Å². The van der Waals surface area contributed by atoms with E-state index in [0.29, 0.717) is 5.92 Å². The third-order valence-electron chi connectivity index (χ3n) is 3.03. The van der Waals surface area contributed by atoms with E-state index in [1.54, 1.807) is 12.1 Å². The molecule has 0 heterocycles. The van der Waals surface area contributed by atoms with Gasteiger partial charge in [-0.3, -0.25) is 0 Å². The molecule has 0 fully saturated rings. The first kappa shape index (κ1) is 11.8. The highest BCUT2D eigenvalue weighted by atomic mass is 19.1. The van der Waals surface area contributed by atoms with E-state index in [-0.39, 0.29) is 11.7 Å². The van der Waals surface area contributed by atoms with E-state index >= 15 is 0 Å². The number of rotatable bonds is 3. The molecule has 2 aromatic rings. The molecule has 0 nitrogen and oxygen atoms in total. The van der Waals surface area contributed by atoms with E-state index in [1.807, 2.05) is 24.3 Å². The molecule has 0 saturated carbocycles. The van der Waals surface area contributed by atoms with Crippen LogP contribution in [-0.2, 0) is 0 Å². The molecule has 17 heavy (non-hydrogen) atoms. The van der Waals surface area contributed by atoms with Gasteiger partial charge in [0.05, 0.1) is 0 Å². The van der Waals surface area contributed by atoms with Gasteiger partial charge < -0.3 is 0 Å². The lowest BCUT2D eigenvalue weighted by molar-refractivity contribution is 0.556. The Balaban J connectivity index is 2.43. The van der Waals surface area contributed by atoms with Crippen LogP contribution in [0.15, 0.2) is 54.6 Å². The second kappa shape index (κ2) is 5.13. The van der Waals surface area contributed by atoms with Gasteiger partial charge in [0, 0.05) is 5.92 Å². The molecule has 0 N–H and O–H groups in total. The fourth-order valence-electron chi connectivity index (χ4n) is 2.32. The zero-order valence-electron chi connectivity index (χ0n) is 10.2. The minimum absolute atomic E-state index is 0.163. The van der Waals surface area contributed by atoms with Crippen molar-refractivity contribution in [3.05, 3.63) is 71.5 Å². The van der Waals surface area contributed by atoms with Crippen molar-refractivity contribution in [1.82, 2.24) is 0 Å². The van der Waals surface area contributed by atoms with Crippen LogP contribution >= 0.6 is 0 Å². The molecule has 0 bridgehead atoms. The molecule has 2 aromatic carbocycles. The predicted molar refractivity (Wildman–Crippen MR) is 69.5 cm³/mol. The first-order valence-electron chi connectivity index (χ1n) is 5.99. The number of hydrogen-bond acceptors (Lipinski definition) is 0. The Kier molecular flexibility index (Phi) is 3.58. The number of halogens is 1. The standard InChI is InChI=1S/C16H17F/c1-12(2)16(13-7-4-3-5-8-13)14-9-6-10-15(17)11-14/h3-12,16H,1-2H3. The summed E-state index contributed by atoms with van der Waals surface area (Å²) in [4.78, 5) is 0. The Morgan fingerprint density at radius 3 is 2.06 bits per heavy atom. The summed E-state index contributed by atoms with van der Waals surface area (Å²) in [6.45, 7) is 4.34. The van der Waals surface area contributed by atoms with Crippen molar-refractivity contribution in [1.29, 1.82) is 0 Å². The number of benzene rings is 2. The van der Waals surface area contributed by atoms with Gasteiger partial charge in [-0.2, -0.15) is 0 Å². The van der Waals surface area contributed by atoms with Crippen molar-refractivity contribution in [3.8, 4) is 0 Å². The molecule has 0 saturated heterocycles. The highest BCUT2D eigenvalue weighted by Gasteiger charge is 2.17. The van der Waals surface area contributed by atoms with Gasteiger partial charge in [0.2, 0.25) is 0 Å². The van der Waals surface area contributed by atoms with Gasteiger partial charge in [-0.1, -0.05) is 56.3 Å². The average molecular weight is 228 g/mol. The van der Waals surface area contributed by atoms with Crippen molar-refractivity contribution in [3.63, 3.8) is 0 Å². The molecule has 0 radical (unpaired) electrons. The molecule has 0 aliphatic carbocycles. The second-order valence-corrected chi connectivity index (χ2v) is 4.69. The first-order valence-corrected chi connectivity index (χ1v) is 5.99. The van der Waals surface area contributed by atoms with Gasteiger partial charge in [-0.15, -0.1) is 0 Å². The molecule has 0 spiro atoms. The van der Waals surface area contributed by atoms with Gasteiger partial charge >= 0.3 is 0 Å². The molecule has 88 valence electrons. The Morgan fingerprint density at radius 1 is 0.824 bits per heavy atom. The number of hydrogen-bond donors (Lipinski definition) is 0. The lowest BCUT2D eigenvalue weighted by Crippen LogP contribution is -2.08. The first-order chi connectivity index (χ1) is 8.18. The lowest BCUT2D eigenvalue weighted by Gasteiger charge is -2.22. The summed E-state index contributed by atoms with van der Waals surface area (Å²) in [5.74, 6) is 0.537. The maximum Gasteiger partial charge on any atom is 0.123 e. The molecule has 1 unspecified atom stereocenters. The molecule has 0 amide bonds. The zero-order chi connectivity index (χ0) is 12.3. The van der Waals surface area contributed by atoms with Crippen molar-refractivity contribution in [2.45, 2.75) is 19.8 Å². The topological polar surface area (TPSA) is 0 Å². The van der Waals surface area contributed by atoms with Crippen molar-refractivity contribution >= 4 is 0 Å². The summed E-state index contributed by atoms with van der Waals surface area (Å²) in [7, 11) is 0. The summed E-state index contributed by atoms with van der Waals surface area (Å²) >= 11 is 0. The molecule has 2 rings (SSSR count). The molecule has 0 aromatic heterocycles.